The Balaban J connectivity index is -0.000000133. The van der Waals surface area contributed by atoms with Crippen LogP contribution in [0.3, 0.4) is 0 Å². The predicted molar refractivity (Wildman–Crippen MR) is 103 cm³/mol. The topological polar surface area (TPSA) is 133 Å². The van der Waals surface area contributed by atoms with Crippen LogP contribution >= 0.6 is 0 Å². The molecule has 7 nitrogen and oxygen atoms in total. The number of carbonyl (C=O) groups is 1. The van der Waals surface area contributed by atoms with Gasteiger partial charge in [0.15, 0.2) is 0 Å². The fourth-order valence-corrected chi connectivity index (χ4v) is 0.822. The summed E-state index contributed by atoms with van der Waals surface area (Å²) in [5.74, 6) is -1.19. The van der Waals surface area contributed by atoms with E-state index in [2.05, 4.69) is 10.6 Å². The van der Waals surface area contributed by atoms with Crippen molar-refractivity contribution in [3.05, 3.63) is 22.1 Å². The SMILES string of the molecule is CC(C)[N-]CC(C)(C)[NH-].CC(C)[N-]CC(C)(C)[NH-].CC(O)C(=O)O.[Zn]. The fraction of sp³-hybridized carbons (Fsp3) is 0.941. The third-order valence-electron chi connectivity index (χ3n) is 2.06. The summed E-state index contributed by atoms with van der Waals surface area (Å²) in [6.07, 6.45) is -1.23. The van der Waals surface area contributed by atoms with Gasteiger partial charge in [-0.25, -0.2) is 4.79 Å². The second kappa shape index (κ2) is 16.1. The first-order valence-electron chi connectivity index (χ1n) is 8.22. The molecule has 0 fully saturated rings. The van der Waals surface area contributed by atoms with Crippen molar-refractivity contribution in [3.63, 3.8) is 0 Å². The number of rotatable bonds is 7. The van der Waals surface area contributed by atoms with Crippen molar-refractivity contribution in [2.75, 3.05) is 13.1 Å². The van der Waals surface area contributed by atoms with Crippen molar-refractivity contribution in [3.8, 4) is 0 Å². The van der Waals surface area contributed by atoms with Crippen LogP contribution in [0.1, 0.15) is 62.3 Å². The van der Waals surface area contributed by atoms with Crippen molar-refractivity contribution in [1.82, 2.24) is 0 Å². The Morgan fingerprint density at radius 2 is 1.08 bits per heavy atom. The van der Waals surface area contributed by atoms with Crippen molar-refractivity contribution in [2.24, 2.45) is 0 Å². The van der Waals surface area contributed by atoms with Crippen LogP contribution in [0.4, 0.5) is 0 Å². The molecule has 0 saturated heterocycles. The zero-order chi connectivity index (χ0) is 20.1. The Kier molecular flexibility index (Phi) is 21.0. The maximum Gasteiger partial charge on any atom is 0.332 e. The minimum atomic E-state index is -1.23. The van der Waals surface area contributed by atoms with Crippen LogP contribution in [0.5, 0.6) is 0 Å². The molecule has 1 atom stereocenters. The van der Waals surface area contributed by atoms with Crippen LogP contribution in [0, 0.1) is 0 Å². The van der Waals surface area contributed by atoms with Gasteiger partial charge < -0.3 is 32.3 Å². The number of hydrogen-bond acceptors (Lipinski definition) is 2. The first kappa shape index (κ1) is 32.6. The summed E-state index contributed by atoms with van der Waals surface area (Å²) in [5.41, 5.74) is 14.1. The summed E-state index contributed by atoms with van der Waals surface area (Å²) in [7, 11) is 0. The standard InChI is InChI=1S/2C7H16N2.C3H6O3.Zn/c2*1-6(2)9-5-7(3,4)8;1-2(4)3(5)6;/h2*6,8H,5H2,1-4H3;2,4H,1H3,(H,5,6);/q2*-2;;. The molecule has 4 N–H and O–H groups in total. The zero-order valence-electron chi connectivity index (χ0n) is 17.6. The third kappa shape index (κ3) is 45.3. The van der Waals surface area contributed by atoms with Gasteiger partial charge in [0.25, 0.3) is 0 Å². The van der Waals surface area contributed by atoms with Gasteiger partial charge >= 0.3 is 5.97 Å². The number of aliphatic carboxylic acids is 1. The third-order valence-corrected chi connectivity index (χ3v) is 2.06. The van der Waals surface area contributed by atoms with Crippen LogP contribution in [0.25, 0.3) is 22.1 Å². The summed E-state index contributed by atoms with van der Waals surface area (Å²) in [5, 5.41) is 24.2. The summed E-state index contributed by atoms with van der Waals surface area (Å²) < 4.78 is 0. The van der Waals surface area contributed by atoms with E-state index in [0.29, 0.717) is 25.2 Å². The molecule has 0 spiro atoms. The summed E-state index contributed by atoms with van der Waals surface area (Å²) in [6, 6.07) is 0.740. The number of carboxylic acids is 1. The van der Waals surface area contributed by atoms with E-state index in [1.54, 1.807) is 0 Å². The molecule has 0 aliphatic rings. The van der Waals surface area contributed by atoms with Gasteiger partial charge in [-0.1, -0.05) is 55.4 Å². The molecule has 0 aliphatic heterocycles. The van der Waals surface area contributed by atoms with Gasteiger partial charge in [-0.3, -0.25) is 0 Å². The smallest absolute Gasteiger partial charge is 0.332 e. The molecule has 0 aromatic rings. The van der Waals surface area contributed by atoms with Gasteiger partial charge in [0.2, 0.25) is 0 Å². The minimum Gasteiger partial charge on any atom is -0.674 e. The second-order valence-electron chi connectivity index (χ2n) is 7.65. The largest absolute Gasteiger partial charge is 0.674 e. The van der Waals surface area contributed by atoms with Crippen molar-refractivity contribution in [1.29, 1.82) is 0 Å². The maximum atomic E-state index is 9.45. The van der Waals surface area contributed by atoms with E-state index in [1.807, 2.05) is 55.4 Å². The monoisotopic (exact) mass is 410 g/mol. The van der Waals surface area contributed by atoms with Crippen LogP contribution in [0.2, 0.25) is 0 Å². The van der Waals surface area contributed by atoms with E-state index in [-0.39, 0.29) is 30.6 Å². The summed E-state index contributed by atoms with van der Waals surface area (Å²) >= 11 is 0. The van der Waals surface area contributed by atoms with E-state index >= 15 is 0 Å². The molecule has 0 saturated carbocycles. The Bertz CT molecular complexity index is 290. The number of carboxylic acid groups (broad SMARTS) is 1. The Morgan fingerprint density at radius 1 is 0.880 bits per heavy atom. The molecule has 0 aromatic carbocycles. The van der Waals surface area contributed by atoms with Crippen LogP contribution in [-0.4, -0.2) is 58.5 Å². The average molecular weight is 412 g/mol. The van der Waals surface area contributed by atoms with Gasteiger partial charge in [-0.15, -0.1) is 12.1 Å². The first-order valence-corrected chi connectivity index (χ1v) is 8.22. The number of aliphatic hydroxyl groups excluding tert-OH is 1. The van der Waals surface area contributed by atoms with Crippen molar-refractivity contribution in [2.45, 2.75) is 91.6 Å². The number of nitrogens with zero attached hydrogens (tertiary/aromatic N) is 2. The Morgan fingerprint density at radius 3 is 1.12 bits per heavy atom. The fourth-order valence-electron chi connectivity index (χ4n) is 0.822. The number of nitrogens with one attached hydrogen (secondary N) is 2. The van der Waals surface area contributed by atoms with E-state index in [4.69, 9.17) is 21.7 Å². The molecule has 8 heteroatoms. The van der Waals surface area contributed by atoms with Crippen molar-refractivity contribution >= 4 is 5.97 Å². The maximum absolute atomic E-state index is 9.45. The van der Waals surface area contributed by atoms with Crippen molar-refractivity contribution < 1.29 is 34.5 Å². The van der Waals surface area contributed by atoms with E-state index < -0.39 is 12.1 Å². The molecule has 0 bridgehead atoms. The number of hydrogen-bond donors (Lipinski definition) is 2. The van der Waals surface area contributed by atoms with E-state index in [1.165, 1.54) is 6.92 Å². The first-order chi connectivity index (χ1) is 10.5. The molecular formula is C17H38N4O3Zn-4. The van der Waals surface area contributed by atoms with Gasteiger partial charge in [-0.2, -0.15) is 24.2 Å². The minimum absolute atomic E-state index is 0. The summed E-state index contributed by atoms with van der Waals surface area (Å²) in [6.45, 7) is 18.1. The summed E-state index contributed by atoms with van der Waals surface area (Å²) in [4.78, 5) is 9.45. The molecule has 0 rings (SSSR count). The van der Waals surface area contributed by atoms with E-state index in [9.17, 15) is 4.79 Å². The molecule has 0 heterocycles. The quantitative estimate of drug-likeness (QED) is 0.590. The number of aliphatic hydroxyl groups is 1. The molecule has 0 aliphatic carbocycles. The van der Waals surface area contributed by atoms with Gasteiger partial charge in [0, 0.05) is 19.5 Å². The normalized spacial score (nSPS) is 12.4. The van der Waals surface area contributed by atoms with Crippen LogP contribution in [-0.2, 0) is 24.3 Å². The second-order valence-corrected chi connectivity index (χ2v) is 7.65. The molecule has 0 aromatic heterocycles. The van der Waals surface area contributed by atoms with E-state index in [0.717, 1.165) is 0 Å². The zero-order valence-corrected chi connectivity index (χ0v) is 20.5. The predicted octanol–water partition coefficient (Wildman–Crippen LogP) is 4.65. The Hall–Kier alpha value is -0.107. The van der Waals surface area contributed by atoms with Gasteiger partial charge in [0.1, 0.15) is 6.10 Å². The molecule has 25 heavy (non-hydrogen) atoms. The van der Waals surface area contributed by atoms with Gasteiger partial charge in [0.05, 0.1) is 0 Å². The van der Waals surface area contributed by atoms with Crippen LogP contribution < -0.4 is 0 Å². The average Bonchev–Trinajstić information content (AvgIpc) is 2.34. The molecular weight excluding hydrogens is 374 g/mol. The molecule has 0 amide bonds. The molecule has 0 radical (unpaired) electrons. The Labute approximate surface area is 167 Å². The molecule has 1 unspecified atom stereocenters. The van der Waals surface area contributed by atoms with Crippen LogP contribution in [0.15, 0.2) is 0 Å². The molecule has 150 valence electrons. The van der Waals surface area contributed by atoms with Gasteiger partial charge in [-0.05, 0) is 6.92 Å².